The number of nitrogens with zero attached hydrogens (tertiary/aromatic N) is 1. The Kier molecular flexibility index (Phi) is 8.62. The first-order chi connectivity index (χ1) is 15.6. The molecule has 9 heteroatoms. The third kappa shape index (κ3) is 6.60. The van der Waals surface area contributed by atoms with Crippen LogP contribution in [0.3, 0.4) is 0 Å². The van der Waals surface area contributed by atoms with Crippen LogP contribution < -0.4 is 5.32 Å². The molecular formula is C24H20Cl3F3N2S. The second-order valence-electron chi connectivity index (χ2n) is 7.53. The van der Waals surface area contributed by atoms with Crippen LogP contribution in [-0.4, -0.2) is 24.0 Å². The van der Waals surface area contributed by atoms with Gasteiger partial charge < -0.3 is 5.32 Å². The monoisotopic (exact) mass is 530 g/mol. The predicted molar refractivity (Wildman–Crippen MR) is 136 cm³/mol. The molecule has 0 aliphatic heterocycles. The number of fused-ring (bicyclic) bond motifs is 1. The van der Waals surface area contributed by atoms with E-state index in [2.05, 4.69) is 16.9 Å². The molecule has 0 saturated carbocycles. The lowest BCUT2D eigenvalue weighted by Crippen LogP contribution is -2.19. The average molecular weight is 532 g/mol. The van der Waals surface area contributed by atoms with E-state index in [-0.39, 0.29) is 26.5 Å². The summed E-state index contributed by atoms with van der Waals surface area (Å²) >= 11 is 22.9. The highest BCUT2D eigenvalue weighted by Crippen LogP contribution is 2.41. The first kappa shape index (κ1) is 25.8. The van der Waals surface area contributed by atoms with E-state index in [1.165, 1.54) is 18.2 Å². The minimum Gasteiger partial charge on any atom is -0.357 e. The van der Waals surface area contributed by atoms with Crippen LogP contribution in [0.2, 0.25) is 15.1 Å². The zero-order valence-corrected chi connectivity index (χ0v) is 20.4. The number of benzene rings is 2. The number of aliphatic imine (C=N–C) groups is 1. The number of rotatable bonds is 6. The van der Waals surface area contributed by atoms with Gasteiger partial charge in [0.1, 0.15) is 0 Å². The molecule has 1 aliphatic rings. The van der Waals surface area contributed by atoms with Gasteiger partial charge in [0.05, 0.1) is 21.0 Å². The van der Waals surface area contributed by atoms with Crippen molar-refractivity contribution in [3.8, 4) is 0 Å². The van der Waals surface area contributed by atoms with Gasteiger partial charge in [-0.25, -0.2) is 4.99 Å². The molecular weight excluding hydrogens is 512 g/mol. The number of allylic oxidation sites excluding steroid dienone is 1. The van der Waals surface area contributed by atoms with Crippen LogP contribution >= 0.6 is 47.0 Å². The van der Waals surface area contributed by atoms with Gasteiger partial charge in [0.2, 0.25) is 0 Å². The van der Waals surface area contributed by atoms with Gasteiger partial charge in [0.15, 0.2) is 5.11 Å². The standard InChI is InChI=1S/C24H20Cl3F3N2S/c1-2-9-31-23(33)32-13-16-6-5-15-10-14(3-7-18(15)16)4-8-19(24(28,29)30)17-11-20(25)22(27)21(26)12-17/h2-4,7-8,10-13,16,19H,1,5-6,9H2,(H,31,33)/b8-4+,32-13+. The Morgan fingerprint density at radius 2 is 1.91 bits per heavy atom. The van der Waals surface area contributed by atoms with E-state index in [4.69, 9.17) is 47.0 Å². The van der Waals surface area contributed by atoms with E-state index in [0.29, 0.717) is 17.2 Å². The maximum Gasteiger partial charge on any atom is 0.399 e. The second kappa shape index (κ2) is 11.0. The largest absolute Gasteiger partial charge is 0.399 e. The minimum atomic E-state index is -4.52. The highest BCUT2D eigenvalue weighted by atomic mass is 35.5. The van der Waals surface area contributed by atoms with E-state index in [0.717, 1.165) is 30.0 Å². The molecule has 0 radical (unpaired) electrons. The van der Waals surface area contributed by atoms with Gasteiger partial charge in [-0.05, 0) is 59.4 Å². The molecule has 2 unspecified atom stereocenters. The summed E-state index contributed by atoms with van der Waals surface area (Å²) < 4.78 is 41.3. The fourth-order valence-electron chi connectivity index (χ4n) is 3.66. The summed E-state index contributed by atoms with van der Waals surface area (Å²) in [7, 11) is 0. The molecule has 3 rings (SSSR count). The van der Waals surface area contributed by atoms with Crippen molar-refractivity contribution in [2.24, 2.45) is 4.99 Å². The Labute approximate surface area is 211 Å². The highest BCUT2D eigenvalue weighted by molar-refractivity contribution is 7.80. The number of alkyl halides is 3. The Bertz CT molecular complexity index is 1090. The normalized spacial score (nSPS) is 16.8. The van der Waals surface area contributed by atoms with Crippen LogP contribution in [0.1, 0.15) is 40.5 Å². The number of aryl methyl sites for hydroxylation is 1. The molecule has 2 aromatic rings. The van der Waals surface area contributed by atoms with E-state index >= 15 is 0 Å². The van der Waals surface area contributed by atoms with Crippen molar-refractivity contribution in [2.75, 3.05) is 6.54 Å². The fraction of sp³-hybridized carbons (Fsp3) is 0.250. The summed E-state index contributed by atoms with van der Waals surface area (Å²) in [5.74, 6) is -1.76. The lowest BCUT2D eigenvalue weighted by molar-refractivity contribution is -0.139. The Morgan fingerprint density at radius 3 is 2.55 bits per heavy atom. The lowest BCUT2D eigenvalue weighted by atomic mass is 9.96. The zero-order valence-electron chi connectivity index (χ0n) is 17.3. The molecule has 2 aromatic carbocycles. The van der Waals surface area contributed by atoms with Crippen molar-refractivity contribution in [3.63, 3.8) is 0 Å². The number of nitrogens with one attached hydrogen (secondary N) is 1. The first-order valence-electron chi connectivity index (χ1n) is 10.0. The van der Waals surface area contributed by atoms with Crippen molar-refractivity contribution in [1.82, 2.24) is 5.32 Å². The van der Waals surface area contributed by atoms with Crippen molar-refractivity contribution < 1.29 is 13.2 Å². The molecule has 0 spiro atoms. The van der Waals surface area contributed by atoms with Gasteiger partial charge in [-0.2, -0.15) is 13.2 Å². The summed E-state index contributed by atoms with van der Waals surface area (Å²) in [4.78, 5) is 4.28. The summed E-state index contributed by atoms with van der Waals surface area (Å²) in [6.07, 6.45) is 3.23. The fourth-order valence-corrected chi connectivity index (χ4v) is 4.42. The predicted octanol–water partition coefficient (Wildman–Crippen LogP) is 8.17. The highest BCUT2D eigenvalue weighted by Gasteiger charge is 2.39. The summed E-state index contributed by atoms with van der Waals surface area (Å²) in [5.41, 5.74) is 2.79. The molecule has 0 aromatic heterocycles. The van der Waals surface area contributed by atoms with Crippen LogP contribution in [-0.2, 0) is 6.42 Å². The van der Waals surface area contributed by atoms with Crippen molar-refractivity contribution in [3.05, 3.63) is 86.4 Å². The Balaban J connectivity index is 1.80. The summed E-state index contributed by atoms with van der Waals surface area (Å²) in [6.45, 7) is 4.16. The SMILES string of the molecule is C=CCNC(=S)/N=C/C1CCc2cc(/C=C/C(c3cc(Cl)c(Cl)c(Cl)c3)C(F)(F)F)ccc21. The maximum absolute atomic E-state index is 13.8. The van der Waals surface area contributed by atoms with Gasteiger partial charge >= 0.3 is 6.18 Å². The van der Waals surface area contributed by atoms with E-state index in [9.17, 15) is 13.2 Å². The minimum absolute atomic E-state index is 0.0220. The molecule has 0 bridgehead atoms. The lowest BCUT2D eigenvalue weighted by Gasteiger charge is -2.18. The first-order valence-corrected chi connectivity index (χ1v) is 11.6. The molecule has 1 aliphatic carbocycles. The molecule has 33 heavy (non-hydrogen) atoms. The van der Waals surface area contributed by atoms with Crippen molar-refractivity contribution >= 4 is 64.4 Å². The second-order valence-corrected chi connectivity index (χ2v) is 9.11. The smallest absolute Gasteiger partial charge is 0.357 e. The van der Waals surface area contributed by atoms with Gasteiger partial charge in [0.25, 0.3) is 0 Å². The molecule has 0 fully saturated rings. The van der Waals surface area contributed by atoms with Gasteiger partial charge in [0, 0.05) is 18.7 Å². The van der Waals surface area contributed by atoms with Crippen molar-refractivity contribution in [2.45, 2.75) is 30.9 Å². The van der Waals surface area contributed by atoms with Crippen LogP contribution in [0.25, 0.3) is 6.08 Å². The van der Waals surface area contributed by atoms with E-state index in [1.807, 2.05) is 18.3 Å². The number of hydrogen-bond donors (Lipinski definition) is 1. The van der Waals surface area contributed by atoms with Crippen LogP contribution in [0.5, 0.6) is 0 Å². The third-order valence-corrected chi connectivity index (χ3v) is 6.71. The van der Waals surface area contributed by atoms with Gasteiger partial charge in [-0.15, -0.1) is 6.58 Å². The molecule has 0 heterocycles. The summed E-state index contributed by atoms with van der Waals surface area (Å²) in [5, 5.41) is 3.32. The molecule has 2 nitrogen and oxygen atoms in total. The van der Waals surface area contributed by atoms with Gasteiger partial charge in [-0.1, -0.05) is 71.2 Å². The van der Waals surface area contributed by atoms with E-state index < -0.39 is 12.1 Å². The summed E-state index contributed by atoms with van der Waals surface area (Å²) in [6, 6.07) is 8.02. The number of hydrogen-bond acceptors (Lipinski definition) is 1. The van der Waals surface area contributed by atoms with Crippen molar-refractivity contribution in [1.29, 1.82) is 0 Å². The van der Waals surface area contributed by atoms with Crippen LogP contribution in [0.15, 0.2) is 54.1 Å². The molecule has 174 valence electrons. The maximum atomic E-state index is 13.8. The van der Waals surface area contributed by atoms with Gasteiger partial charge in [-0.3, -0.25) is 0 Å². The van der Waals surface area contributed by atoms with E-state index in [1.54, 1.807) is 12.1 Å². The quantitative estimate of drug-likeness (QED) is 0.176. The van der Waals surface area contributed by atoms with Crippen LogP contribution in [0, 0.1) is 0 Å². The molecule has 0 amide bonds. The molecule has 2 atom stereocenters. The zero-order chi connectivity index (χ0) is 24.2. The topological polar surface area (TPSA) is 24.4 Å². The number of halogens is 6. The average Bonchev–Trinajstić information content (AvgIpc) is 3.16. The molecule has 0 saturated heterocycles. The Hall–Kier alpha value is -1.86. The Morgan fingerprint density at radius 1 is 1.21 bits per heavy atom. The number of thiocarbonyl (C=S) groups is 1. The molecule has 1 N–H and O–H groups in total. The third-order valence-electron chi connectivity index (χ3n) is 5.26. The van der Waals surface area contributed by atoms with Crippen LogP contribution in [0.4, 0.5) is 13.2 Å².